The van der Waals surface area contributed by atoms with Gasteiger partial charge in [0.1, 0.15) is 12.0 Å². The van der Waals surface area contributed by atoms with Crippen LogP contribution < -0.4 is 0 Å². The summed E-state index contributed by atoms with van der Waals surface area (Å²) < 4.78 is 28.0. The molecule has 1 unspecified atom stereocenters. The molecule has 9 nitrogen and oxygen atoms in total. The average molecular weight is 494 g/mol. The first-order chi connectivity index (χ1) is 17.5. The van der Waals surface area contributed by atoms with Gasteiger partial charge in [-0.1, -0.05) is 24.3 Å². The van der Waals surface area contributed by atoms with Gasteiger partial charge in [0.25, 0.3) is 0 Å². The van der Waals surface area contributed by atoms with Crippen molar-refractivity contribution in [3.05, 3.63) is 96.2 Å². The van der Waals surface area contributed by atoms with Crippen LogP contribution in [0.1, 0.15) is 29.2 Å². The predicted molar refractivity (Wildman–Crippen MR) is 132 cm³/mol. The second-order valence-electron chi connectivity index (χ2n) is 8.19. The fourth-order valence-corrected chi connectivity index (χ4v) is 5.52. The maximum absolute atomic E-state index is 13.2. The third-order valence-electron chi connectivity index (χ3n) is 5.85. The van der Waals surface area contributed by atoms with Crippen molar-refractivity contribution in [3.8, 4) is 23.4 Å². The number of nitrogens with one attached hydrogen (secondary N) is 1. The molecule has 5 rings (SSSR count). The van der Waals surface area contributed by atoms with E-state index in [4.69, 9.17) is 5.26 Å². The first-order valence-corrected chi connectivity index (χ1v) is 12.6. The minimum absolute atomic E-state index is 0.0954. The van der Waals surface area contributed by atoms with Crippen molar-refractivity contribution >= 4 is 20.9 Å². The van der Waals surface area contributed by atoms with Gasteiger partial charge in [-0.05, 0) is 41.5 Å². The molecule has 0 aliphatic heterocycles. The highest BCUT2D eigenvalue weighted by molar-refractivity contribution is 7.90. The van der Waals surface area contributed by atoms with E-state index in [1.165, 1.54) is 12.4 Å². The number of sulfone groups is 1. The molecule has 0 aliphatic carbocycles. The van der Waals surface area contributed by atoms with Crippen molar-refractivity contribution in [2.45, 2.75) is 23.1 Å². The molecule has 0 saturated heterocycles. The quantitative estimate of drug-likeness (QED) is 0.359. The minimum Gasteiger partial charge on any atom is -0.346 e. The summed E-state index contributed by atoms with van der Waals surface area (Å²) in [6.07, 6.45) is 6.82. The van der Waals surface area contributed by atoms with E-state index in [0.29, 0.717) is 28.0 Å². The van der Waals surface area contributed by atoms with Crippen molar-refractivity contribution in [1.82, 2.24) is 24.7 Å². The molecule has 1 N–H and O–H groups in total. The molecule has 1 atom stereocenters. The topological polar surface area (TPSA) is 141 Å². The van der Waals surface area contributed by atoms with Crippen LogP contribution in [0.4, 0.5) is 0 Å². The molecule has 0 fully saturated rings. The summed E-state index contributed by atoms with van der Waals surface area (Å²) >= 11 is 0. The van der Waals surface area contributed by atoms with Gasteiger partial charge in [-0.15, -0.1) is 0 Å². The minimum atomic E-state index is -3.69. The van der Waals surface area contributed by atoms with Gasteiger partial charge < -0.3 is 4.98 Å². The lowest BCUT2D eigenvalue weighted by molar-refractivity contribution is 0.531. The Hall–Kier alpha value is -4.80. The number of hydrogen-bond donors (Lipinski definition) is 1. The molecular formula is C26H19N7O2S. The van der Waals surface area contributed by atoms with Crippen molar-refractivity contribution in [2.75, 3.05) is 0 Å². The zero-order valence-electron chi connectivity index (χ0n) is 18.9. The Labute approximate surface area is 207 Å². The molecule has 0 bridgehead atoms. The third kappa shape index (κ3) is 4.45. The van der Waals surface area contributed by atoms with E-state index >= 15 is 0 Å². The van der Waals surface area contributed by atoms with E-state index in [-0.39, 0.29) is 17.1 Å². The standard InChI is InChI=1S/C26H19N7O2S/c27-9-7-24(33-15-21(14-32-33)25-23-8-10-29-26(23)31-17-30-25)20-5-2-6-22(12-20)36(34,35)16-19-4-1-3-18(11-19)13-28/h1-6,8,10-12,14-15,17,24H,7,16H2,(H,29,30,31). The number of rotatable bonds is 7. The summed E-state index contributed by atoms with van der Waals surface area (Å²) in [4.78, 5) is 11.8. The maximum Gasteiger partial charge on any atom is 0.182 e. The van der Waals surface area contributed by atoms with E-state index in [1.54, 1.807) is 65.7 Å². The Morgan fingerprint density at radius 3 is 2.75 bits per heavy atom. The first kappa shape index (κ1) is 23.0. The van der Waals surface area contributed by atoms with Crippen LogP contribution >= 0.6 is 0 Å². The number of fused-ring (bicyclic) bond motifs is 1. The lowest BCUT2D eigenvalue weighted by atomic mass is 10.0. The van der Waals surface area contributed by atoms with Crippen molar-refractivity contribution in [1.29, 1.82) is 10.5 Å². The van der Waals surface area contributed by atoms with Crippen molar-refractivity contribution in [2.24, 2.45) is 0 Å². The summed E-state index contributed by atoms with van der Waals surface area (Å²) in [7, 11) is -3.69. The Balaban J connectivity index is 1.48. The average Bonchev–Trinajstić information content (AvgIpc) is 3.57. The van der Waals surface area contributed by atoms with Crippen LogP contribution in [-0.4, -0.2) is 33.2 Å². The van der Waals surface area contributed by atoms with Crippen molar-refractivity contribution < 1.29 is 8.42 Å². The van der Waals surface area contributed by atoms with Crippen LogP contribution in [-0.2, 0) is 15.6 Å². The number of nitrogens with zero attached hydrogens (tertiary/aromatic N) is 6. The van der Waals surface area contributed by atoms with Crippen LogP contribution in [0.25, 0.3) is 22.3 Å². The second-order valence-corrected chi connectivity index (χ2v) is 10.2. The van der Waals surface area contributed by atoms with E-state index in [2.05, 4.69) is 26.1 Å². The number of H-pyrrole nitrogens is 1. The lowest BCUT2D eigenvalue weighted by Crippen LogP contribution is -2.12. The number of aromatic nitrogens is 5. The van der Waals surface area contributed by atoms with E-state index < -0.39 is 15.9 Å². The molecule has 0 radical (unpaired) electrons. The number of aromatic amines is 1. The molecule has 10 heteroatoms. The van der Waals surface area contributed by atoms with E-state index in [0.717, 1.165) is 10.9 Å². The number of nitriles is 2. The fraction of sp³-hybridized carbons (Fsp3) is 0.115. The molecule has 2 aromatic carbocycles. The van der Waals surface area contributed by atoms with Crippen LogP contribution in [0.2, 0.25) is 0 Å². The van der Waals surface area contributed by atoms with Gasteiger partial charge in [-0.25, -0.2) is 18.4 Å². The van der Waals surface area contributed by atoms with Gasteiger partial charge in [-0.2, -0.15) is 15.6 Å². The van der Waals surface area contributed by atoms with E-state index in [1.807, 2.05) is 12.1 Å². The molecule has 3 aromatic heterocycles. The number of benzene rings is 2. The maximum atomic E-state index is 13.2. The van der Waals surface area contributed by atoms with Gasteiger partial charge in [0.05, 0.1) is 52.7 Å². The monoisotopic (exact) mass is 493 g/mol. The fourth-order valence-electron chi connectivity index (χ4n) is 4.13. The Kier molecular flexibility index (Phi) is 6.03. The molecule has 0 saturated carbocycles. The normalized spacial score (nSPS) is 12.2. The highest BCUT2D eigenvalue weighted by Gasteiger charge is 2.21. The summed E-state index contributed by atoms with van der Waals surface area (Å²) in [5, 5.41) is 23.9. The smallest absolute Gasteiger partial charge is 0.182 e. The van der Waals surface area contributed by atoms with Crippen molar-refractivity contribution in [3.63, 3.8) is 0 Å². The SMILES string of the molecule is N#CCC(c1cccc(S(=O)(=O)Cc2cccc(C#N)c2)c1)n1cc(-c2ncnc3[nH]ccc23)cn1. The molecule has 3 heterocycles. The third-order valence-corrected chi connectivity index (χ3v) is 7.53. The first-order valence-electron chi connectivity index (χ1n) is 11.0. The van der Waals surface area contributed by atoms with Crippen LogP contribution in [0.5, 0.6) is 0 Å². The summed E-state index contributed by atoms with van der Waals surface area (Å²) in [6, 6.07) is 18.7. The highest BCUT2D eigenvalue weighted by atomic mass is 32.2. The van der Waals surface area contributed by atoms with Gasteiger partial charge in [0, 0.05) is 23.3 Å². The zero-order valence-corrected chi connectivity index (χ0v) is 19.7. The lowest BCUT2D eigenvalue weighted by Gasteiger charge is -2.16. The molecule has 0 aliphatic rings. The van der Waals surface area contributed by atoms with E-state index in [9.17, 15) is 13.7 Å². The highest BCUT2D eigenvalue weighted by Crippen LogP contribution is 2.29. The Morgan fingerprint density at radius 1 is 1.06 bits per heavy atom. The summed E-state index contributed by atoms with van der Waals surface area (Å²) in [5.41, 5.74) is 3.75. The van der Waals surface area contributed by atoms with Gasteiger partial charge in [-0.3, -0.25) is 4.68 Å². The largest absolute Gasteiger partial charge is 0.346 e. The van der Waals surface area contributed by atoms with Gasteiger partial charge >= 0.3 is 0 Å². The summed E-state index contributed by atoms with van der Waals surface area (Å²) in [5.74, 6) is -0.235. The summed E-state index contributed by atoms with van der Waals surface area (Å²) in [6.45, 7) is 0. The second kappa shape index (κ2) is 9.45. The molecule has 0 amide bonds. The zero-order chi connectivity index (χ0) is 25.1. The molecule has 5 aromatic rings. The molecule has 0 spiro atoms. The van der Waals surface area contributed by atoms with Gasteiger partial charge in [0.2, 0.25) is 0 Å². The van der Waals surface area contributed by atoms with Crippen LogP contribution in [0.15, 0.2) is 84.4 Å². The van der Waals surface area contributed by atoms with Crippen LogP contribution in [0.3, 0.4) is 0 Å². The predicted octanol–water partition coefficient (Wildman–Crippen LogP) is 4.17. The number of hydrogen-bond acceptors (Lipinski definition) is 7. The molecule has 36 heavy (non-hydrogen) atoms. The molecular weight excluding hydrogens is 474 g/mol. The Morgan fingerprint density at radius 2 is 1.92 bits per heavy atom. The van der Waals surface area contributed by atoms with Crippen LogP contribution in [0, 0.1) is 22.7 Å². The van der Waals surface area contributed by atoms with Gasteiger partial charge in [0.15, 0.2) is 9.84 Å². The Bertz CT molecular complexity index is 1760. The molecule has 176 valence electrons.